The van der Waals surface area contributed by atoms with Gasteiger partial charge < -0.3 is 0 Å². The third-order valence-electron chi connectivity index (χ3n) is 3.76. The van der Waals surface area contributed by atoms with Crippen molar-refractivity contribution < 1.29 is 16.8 Å². The first-order chi connectivity index (χ1) is 12.0. The van der Waals surface area contributed by atoms with Gasteiger partial charge in [-0.2, -0.15) is 0 Å². The van der Waals surface area contributed by atoms with E-state index in [4.69, 9.17) is 0 Å². The van der Waals surface area contributed by atoms with Crippen LogP contribution in [0.2, 0.25) is 0 Å². The predicted octanol–water partition coefficient (Wildman–Crippen LogP) is 2.97. The summed E-state index contributed by atoms with van der Waals surface area (Å²) in [4.78, 5) is 0.0216. The van der Waals surface area contributed by atoms with Gasteiger partial charge in [0, 0.05) is 14.1 Å². The van der Waals surface area contributed by atoms with E-state index >= 15 is 0 Å². The molecular weight excluding hydrogens is 372 g/mol. The first-order valence-corrected chi connectivity index (χ1v) is 10.8. The number of aryl methyl sites for hydroxylation is 2. The third kappa shape index (κ3) is 4.94. The highest BCUT2D eigenvalue weighted by atomic mass is 32.2. The minimum absolute atomic E-state index is 0.0216. The molecule has 0 radical (unpaired) electrons. The molecule has 0 unspecified atom stereocenters. The minimum Gasteiger partial charge on any atom is -0.280 e. The summed E-state index contributed by atoms with van der Waals surface area (Å²) in [5.74, 6) is 0. The molecule has 0 aliphatic rings. The molecule has 140 valence electrons. The number of nitrogens with zero attached hydrogens (tertiary/aromatic N) is 1. The van der Waals surface area contributed by atoms with E-state index in [9.17, 15) is 16.8 Å². The van der Waals surface area contributed by atoms with E-state index in [2.05, 4.69) is 4.72 Å². The van der Waals surface area contributed by atoms with Crippen molar-refractivity contribution in [1.29, 1.82) is 0 Å². The Morgan fingerprint density at radius 1 is 0.923 bits per heavy atom. The fourth-order valence-corrected chi connectivity index (χ4v) is 3.97. The van der Waals surface area contributed by atoms with Crippen LogP contribution in [0.3, 0.4) is 0 Å². The first kappa shape index (κ1) is 20.2. The van der Waals surface area contributed by atoms with Crippen molar-refractivity contribution in [3.63, 3.8) is 0 Å². The second-order valence-electron chi connectivity index (χ2n) is 6.12. The van der Waals surface area contributed by atoms with Gasteiger partial charge in [-0.15, -0.1) is 0 Å². The highest BCUT2D eigenvalue weighted by Crippen LogP contribution is 2.23. The van der Waals surface area contributed by atoms with Crippen LogP contribution in [0.4, 0.5) is 5.69 Å². The minimum atomic E-state index is -3.79. The van der Waals surface area contributed by atoms with Crippen LogP contribution in [0.25, 0.3) is 6.08 Å². The van der Waals surface area contributed by atoms with E-state index in [1.165, 1.54) is 32.3 Å². The summed E-state index contributed by atoms with van der Waals surface area (Å²) in [6.07, 6.45) is 1.48. The van der Waals surface area contributed by atoms with E-state index in [1.807, 2.05) is 31.2 Å². The zero-order valence-corrected chi connectivity index (χ0v) is 16.7. The molecule has 0 amide bonds. The lowest BCUT2D eigenvalue weighted by Gasteiger charge is -2.14. The molecule has 0 aliphatic heterocycles. The molecule has 0 fully saturated rings. The topological polar surface area (TPSA) is 83.5 Å². The third-order valence-corrected chi connectivity index (χ3v) is 6.57. The van der Waals surface area contributed by atoms with Gasteiger partial charge >= 0.3 is 0 Å². The van der Waals surface area contributed by atoms with Crippen molar-refractivity contribution in [3.05, 3.63) is 64.6 Å². The number of rotatable bonds is 6. The smallest absolute Gasteiger partial charge is 0.255 e. The second-order valence-corrected chi connectivity index (χ2v) is 9.84. The molecule has 6 nitrogen and oxygen atoms in total. The molecule has 8 heteroatoms. The number of sulfonamides is 2. The van der Waals surface area contributed by atoms with Crippen LogP contribution in [-0.4, -0.2) is 35.2 Å². The van der Waals surface area contributed by atoms with Crippen LogP contribution in [0, 0.1) is 13.8 Å². The molecule has 2 aromatic rings. The van der Waals surface area contributed by atoms with Crippen molar-refractivity contribution >= 4 is 31.8 Å². The summed E-state index contributed by atoms with van der Waals surface area (Å²) in [5.41, 5.74) is 2.68. The Kier molecular flexibility index (Phi) is 5.90. The van der Waals surface area contributed by atoms with Gasteiger partial charge in [0.2, 0.25) is 10.0 Å². The van der Waals surface area contributed by atoms with E-state index < -0.39 is 20.0 Å². The standard InChI is InChI=1S/C18H22N2O4S2/c1-14-5-8-16(9-6-14)11-12-25(21,22)19-18-13-17(10-7-15(18)2)26(23,24)20(3)4/h5-13,19H,1-4H3/b12-11+. The van der Waals surface area contributed by atoms with Crippen molar-refractivity contribution in [2.45, 2.75) is 18.7 Å². The maximum absolute atomic E-state index is 12.3. The number of hydrogen-bond acceptors (Lipinski definition) is 4. The van der Waals surface area contributed by atoms with Crippen molar-refractivity contribution in [2.24, 2.45) is 0 Å². The Morgan fingerprint density at radius 3 is 2.12 bits per heavy atom. The first-order valence-electron chi connectivity index (χ1n) is 7.82. The molecule has 0 heterocycles. The summed E-state index contributed by atoms with van der Waals surface area (Å²) >= 11 is 0. The van der Waals surface area contributed by atoms with Gasteiger partial charge in [0.25, 0.3) is 10.0 Å². The van der Waals surface area contributed by atoms with Crippen LogP contribution in [0.5, 0.6) is 0 Å². The van der Waals surface area contributed by atoms with Crippen molar-refractivity contribution in [1.82, 2.24) is 4.31 Å². The second kappa shape index (κ2) is 7.61. The molecule has 0 atom stereocenters. The Hall–Kier alpha value is -2.16. The average Bonchev–Trinajstić information content (AvgIpc) is 2.56. The molecule has 0 aromatic heterocycles. The van der Waals surface area contributed by atoms with E-state index in [0.717, 1.165) is 20.8 Å². The lowest BCUT2D eigenvalue weighted by atomic mass is 10.2. The Bertz CT molecular complexity index is 1020. The summed E-state index contributed by atoms with van der Waals surface area (Å²) in [5, 5.41) is 1.06. The molecule has 2 aromatic carbocycles. The van der Waals surface area contributed by atoms with Crippen LogP contribution >= 0.6 is 0 Å². The van der Waals surface area contributed by atoms with Crippen molar-refractivity contribution in [3.8, 4) is 0 Å². The molecule has 0 bridgehead atoms. The largest absolute Gasteiger partial charge is 0.280 e. The van der Waals surface area contributed by atoms with E-state index in [-0.39, 0.29) is 10.6 Å². The zero-order valence-electron chi connectivity index (χ0n) is 15.1. The van der Waals surface area contributed by atoms with Crippen molar-refractivity contribution in [2.75, 3.05) is 18.8 Å². The van der Waals surface area contributed by atoms with E-state index in [0.29, 0.717) is 5.56 Å². The summed E-state index contributed by atoms with van der Waals surface area (Å²) in [6, 6.07) is 11.7. The van der Waals surface area contributed by atoms with Crippen LogP contribution in [0.1, 0.15) is 16.7 Å². The maximum Gasteiger partial charge on any atom is 0.255 e. The monoisotopic (exact) mass is 394 g/mol. The SMILES string of the molecule is Cc1ccc(/C=C/S(=O)(=O)Nc2cc(S(=O)(=O)N(C)C)ccc2C)cc1. The maximum atomic E-state index is 12.3. The van der Waals surface area contributed by atoms with Crippen LogP contribution < -0.4 is 4.72 Å². The normalized spacial score (nSPS) is 12.7. The zero-order chi connectivity index (χ0) is 19.5. The van der Waals surface area contributed by atoms with Gasteiger partial charge in [-0.05, 0) is 43.2 Å². The molecule has 0 saturated carbocycles. The van der Waals surface area contributed by atoms with Gasteiger partial charge in [0.1, 0.15) is 0 Å². The molecule has 0 aliphatic carbocycles. The Balaban J connectivity index is 2.30. The van der Waals surface area contributed by atoms with Crippen LogP contribution in [0.15, 0.2) is 52.8 Å². The Labute approximate surface area is 155 Å². The summed E-state index contributed by atoms with van der Waals surface area (Å²) in [7, 11) is -4.60. The molecule has 26 heavy (non-hydrogen) atoms. The predicted molar refractivity (Wildman–Crippen MR) is 105 cm³/mol. The highest BCUT2D eigenvalue weighted by Gasteiger charge is 2.19. The summed E-state index contributed by atoms with van der Waals surface area (Å²) in [6.45, 7) is 3.65. The van der Waals surface area contributed by atoms with Gasteiger partial charge in [-0.3, -0.25) is 4.72 Å². The lowest BCUT2D eigenvalue weighted by molar-refractivity contribution is 0.520. The Morgan fingerprint density at radius 2 is 1.54 bits per heavy atom. The fourth-order valence-electron chi connectivity index (χ4n) is 2.12. The van der Waals surface area contributed by atoms with Crippen LogP contribution in [-0.2, 0) is 20.0 Å². The summed E-state index contributed by atoms with van der Waals surface area (Å²) < 4.78 is 52.6. The van der Waals surface area contributed by atoms with Gasteiger partial charge in [-0.25, -0.2) is 21.1 Å². The van der Waals surface area contributed by atoms with Gasteiger partial charge in [0.05, 0.1) is 16.0 Å². The molecule has 0 saturated heterocycles. The molecule has 2 rings (SSSR count). The quantitative estimate of drug-likeness (QED) is 0.816. The fraction of sp³-hybridized carbons (Fsp3) is 0.222. The molecule has 0 spiro atoms. The number of hydrogen-bond donors (Lipinski definition) is 1. The van der Waals surface area contributed by atoms with Gasteiger partial charge in [-0.1, -0.05) is 35.9 Å². The molecule has 1 N–H and O–H groups in total. The molecular formula is C18H22N2O4S2. The average molecular weight is 395 g/mol. The number of nitrogens with one attached hydrogen (secondary N) is 1. The number of benzene rings is 2. The van der Waals surface area contributed by atoms with Gasteiger partial charge in [0.15, 0.2) is 0 Å². The number of anilines is 1. The van der Waals surface area contributed by atoms with E-state index in [1.54, 1.807) is 13.0 Å². The highest BCUT2D eigenvalue weighted by molar-refractivity contribution is 7.95. The lowest BCUT2D eigenvalue weighted by Crippen LogP contribution is -2.22.